The smallest absolute Gasteiger partial charge is 0.298 e. The molecule has 0 saturated carbocycles. The third-order valence-corrected chi connectivity index (χ3v) is 4.30. The van der Waals surface area contributed by atoms with Crippen molar-refractivity contribution in [1.82, 2.24) is 14.6 Å². The van der Waals surface area contributed by atoms with E-state index in [1.807, 2.05) is 13.0 Å². The summed E-state index contributed by atoms with van der Waals surface area (Å²) in [6.07, 6.45) is 3.14. The maximum Gasteiger partial charge on any atom is 0.298 e. The molecule has 0 atom stereocenters. The number of nitrogens with zero attached hydrogens (tertiary/aromatic N) is 3. The lowest BCUT2D eigenvalue weighted by molar-refractivity contribution is 0.102. The fourth-order valence-electron chi connectivity index (χ4n) is 2.21. The van der Waals surface area contributed by atoms with E-state index in [1.165, 1.54) is 22.0 Å². The van der Waals surface area contributed by atoms with Crippen molar-refractivity contribution in [3.63, 3.8) is 0 Å². The quantitative estimate of drug-likeness (QED) is 0.799. The number of benzene rings is 1. The number of aryl methyl sites for hydroxylation is 2. The predicted molar refractivity (Wildman–Crippen MR) is 90.3 cm³/mol. The summed E-state index contributed by atoms with van der Waals surface area (Å²) in [7, 11) is 0. The number of rotatable bonds is 4. The Morgan fingerprint density at radius 1 is 1.39 bits per heavy atom. The van der Waals surface area contributed by atoms with E-state index in [1.54, 1.807) is 18.2 Å². The maximum atomic E-state index is 12.4. The van der Waals surface area contributed by atoms with Crippen molar-refractivity contribution in [1.29, 1.82) is 0 Å². The number of fused-ring (bicyclic) bond motifs is 1. The Labute approximate surface area is 136 Å². The first-order valence-corrected chi connectivity index (χ1v) is 8.16. The third kappa shape index (κ3) is 3.14. The predicted octanol–water partition coefficient (Wildman–Crippen LogP) is 2.66. The molecule has 2 heterocycles. The minimum atomic E-state index is -0.366. The van der Waals surface area contributed by atoms with Gasteiger partial charge in [-0.3, -0.25) is 9.59 Å². The first-order valence-electron chi connectivity index (χ1n) is 7.34. The minimum Gasteiger partial charge on any atom is -0.316 e. The summed E-state index contributed by atoms with van der Waals surface area (Å²) in [6.45, 7) is 3.96. The van der Waals surface area contributed by atoms with Gasteiger partial charge in [-0.25, -0.2) is 4.98 Å². The molecule has 1 amide bonds. The number of hydrogen-bond acceptors (Lipinski definition) is 5. The molecule has 3 rings (SSSR count). The van der Waals surface area contributed by atoms with Crippen LogP contribution in [0.3, 0.4) is 0 Å². The molecular weight excluding hydrogens is 312 g/mol. The average Bonchev–Trinajstić information content (AvgIpc) is 2.94. The van der Waals surface area contributed by atoms with Crippen molar-refractivity contribution in [3.8, 4) is 0 Å². The number of carbonyl (C=O) groups is 1. The molecule has 0 aliphatic carbocycles. The average molecular weight is 328 g/mol. The van der Waals surface area contributed by atoms with Crippen LogP contribution in [0.15, 0.2) is 35.3 Å². The summed E-state index contributed by atoms with van der Waals surface area (Å²) in [6, 6.07) is 7.18. The molecule has 23 heavy (non-hydrogen) atoms. The molecule has 0 radical (unpaired) electrons. The van der Waals surface area contributed by atoms with Gasteiger partial charge in [0.25, 0.3) is 11.5 Å². The molecule has 2 aromatic heterocycles. The van der Waals surface area contributed by atoms with Crippen LogP contribution in [0.5, 0.6) is 0 Å². The number of nitrogens with one attached hydrogen (secondary N) is 1. The van der Waals surface area contributed by atoms with Gasteiger partial charge in [0.15, 0.2) is 0 Å². The first-order chi connectivity index (χ1) is 11.1. The molecule has 0 aliphatic heterocycles. The van der Waals surface area contributed by atoms with Crippen molar-refractivity contribution in [2.75, 3.05) is 5.32 Å². The van der Waals surface area contributed by atoms with Gasteiger partial charge in [-0.2, -0.15) is 9.61 Å². The van der Waals surface area contributed by atoms with Gasteiger partial charge in [0.1, 0.15) is 10.7 Å². The lowest BCUT2D eigenvalue weighted by atomic mass is 10.1. The van der Waals surface area contributed by atoms with E-state index in [0.29, 0.717) is 10.5 Å². The van der Waals surface area contributed by atoms with Gasteiger partial charge in [0.05, 0.1) is 6.20 Å². The van der Waals surface area contributed by atoms with Gasteiger partial charge in [0, 0.05) is 12.0 Å². The largest absolute Gasteiger partial charge is 0.316 e. The molecule has 0 aliphatic rings. The molecule has 0 fully saturated rings. The number of aromatic nitrogens is 3. The van der Waals surface area contributed by atoms with Gasteiger partial charge in [-0.15, -0.1) is 0 Å². The number of hydrogen-bond donors (Lipinski definition) is 1. The van der Waals surface area contributed by atoms with Gasteiger partial charge < -0.3 is 5.32 Å². The second kappa shape index (κ2) is 6.29. The van der Waals surface area contributed by atoms with Crippen LogP contribution in [0.25, 0.3) is 4.96 Å². The Balaban J connectivity index is 1.92. The van der Waals surface area contributed by atoms with Crippen LogP contribution in [0.1, 0.15) is 34.3 Å². The topological polar surface area (TPSA) is 76.4 Å². The SMILES string of the molecule is CCCc1nn2c(=O)c(NC(=O)c3cccc(C)c3)cnc2s1. The lowest BCUT2D eigenvalue weighted by Gasteiger charge is -2.04. The summed E-state index contributed by atoms with van der Waals surface area (Å²) in [5.41, 5.74) is 1.24. The molecule has 1 aromatic carbocycles. The second-order valence-corrected chi connectivity index (χ2v) is 6.28. The Morgan fingerprint density at radius 3 is 2.96 bits per heavy atom. The van der Waals surface area contributed by atoms with Crippen LogP contribution in [0.4, 0.5) is 5.69 Å². The maximum absolute atomic E-state index is 12.4. The van der Waals surface area contributed by atoms with Gasteiger partial charge in [0.2, 0.25) is 4.96 Å². The molecular formula is C16H16N4O2S. The molecule has 3 aromatic rings. The summed E-state index contributed by atoms with van der Waals surface area (Å²) >= 11 is 1.39. The fraction of sp³-hybridized carbons (Fsp3) is 0.250. The highest BCUT2D eigenvalue weighted by molar-refractivity contribution is 7.16. The Bertz CT molecular complexity index is 929. The highest BCUT2D eigenvalue weighted by Gasteiger charge is 2.13. The molecule has 7 heteroatoms. The molecule has 6 nitrogen and oxygen atoms in total. The van der Waals surface area contributed by atoms with Crippen LogP contribution in [-0.2, 0) is 6.42 Å². The van der Waals surface area contributed by atoms with Gasteiger partial charge in [-0.1, -0.05) is 36.0 Å². The van der Waals surface area contributed by atoms with Crippen molar-refractivity contribution in [3.05, 3.63) is 57.0 Å². The summed E-state index contributed by atoms with van der Waals surface area (Å²) in [4.78, 5) is 29.4. The first kappa shape index (κ1) is 15.4. The minimum absolute atomic E-state index is 0.127. The van der Waals surface area contributed by atoms with E-state index in [0.717, 1.165) is 23.4 Å². The normalized spacial score (nSPS) is 10.9. The van der Waals surface area contributed by atoms with Crippen molar-refractivity contribution < 1.29 is 4.79 Å². The Hall–Kier alpha value is -2.54. The van der Waals surface area contributed by atoms with Crippen LogP contribution in [0, 0.1) is 6.92 Å². The standard InChI is InChI=1S/C16H16N4O2S/c1-3-5-13-19-20-15(22)12(9-17-16(20)23-13)18-14(21)11-7-4-6-10(2)8-11/h4,6-9H,3,5H2,1-2H3,(H,18,21). The summed E-state index contributed by atoms with van der Waals surface area (Å²) < 4.78 is 1.25. The van der Waals surface area contributed by atoms with E-state index in [4.69, 9.17) is 0 Å². The van der Waals surface area contributed by atoms with E-state index in [2.05, 4.69) is 22.3 Å². The number of anilines is 1. The fourth-order valence-corrected chi connectivity index (χ4v) is 3.16. The van der Waals surface area contributed by atoms with Gasteiger partial charge in [-0.05, 0) is 25.5 Å². The van der Waals surface area contributed by atoms with E-state index in [9.17, 15) is 9.59 Å². The second-order valence-electron chi connectivity index (χ2n) is 5.24. The zero-order valence-corrected chi connectivity index (χ0v) is 13.7. The number of carbonyl (C=O) groups excluding carboxylic acids is 1. The molecule has 0 bridgehead atoms. The van der Waals surface area contributed by atoms with E-state index in [-0.39, 0.29) is 17.2 Å². The van der Waals surface area contributed by atoms with Crippen molar-refractivity contribution in [2.24, 2.45) is 0 Å². The van der Waals surface area contributed by atoms with Crippen LogP contribution < -0.4 is 10.9 Å². The molecule has 0 spiro atoms. The van der Waals surface area contributed by atoms with Crippen molar-refractivity contribution >= 4 is 27.9 Å². The zero-order valence-electron chi connectivity index (χ0n) is 12.9. The summed E-state index contributed by atoms with van der Waals surface area (Å²) in [5, 5.41) is 7.74. The van der Waals surface area contributed by atoms with E-state index < -0.39 is 0 Å². The summed E-state index contributed by atoms with van der Waals surface area (Å²) in [5.74, 6) is -0.337. The van der Waals surface area contributed by atoms with Crippen LogP contribution in [-0.4, -0.2) is 20.5 Å². The highest BCUT2D eigenvalue weighted by Crippen LogP contribution is 2.14. The van der Waals surface area contributed by atoms with Crippen LogP contribution >= 0.6 is 11.3 Å². The Kier molecular flexibility index (Phi) is 4.20. The van der Waals surface area contributed by atoms with Crippen LogP contribution in [0.2, 0.25) is 0 Å². The Morgan fingerprint density at radius 2 is 2.22 bits per heavy atom. The number of amides is 1. The molecule has 0 unspecified atom stereocenters. The highest BCUT2D eigenvalue weighted by atomic mass is 32.1. The zero-order chi connectivity index (χ0) is 16.4. The van der Waals surface area contributed by atoms with Crippen molar-refractivity contribution in [2.45, 2.75) is 26.7 Å². The molecule has 0 saturated heterocycles. The van der Waals surface area contributed by atoms with E-state index >= 15 is 0 Å². The molecule has 1 N–H and O–H groups in total. The van der Waals surface area contributed by atoms with Gasteiger partial charge >= 0.3 is 0 Å². The lowest BCUT2D eigenvalue weighted by Crippen LogP contribution is -2.23. The monoisotopic (exact) mass is 328 g/mol. The molecule has 118 valence electrons. The third-order valence-electron chi connectivity index (χ3n) is 3.32.